The van der Waals surface area contributed by atoms with Crippen molar-refractivity contribution in [3.8, 4) is 0 Å². The Kier molecular flexibility index (Phi) is 6.65. The van der Waals surface area contributed by atoms with Crippen molar-refractivity contribution in [3.05, 3.63) is 0 Å². The third-order valence-corrected chi connectivity index (χ3v) is 3.88. The van der Waals surface area contributed by atoms with E-state index < -0.39 is 0 Å². The Hall–Kier alpha value is -0.610. The highest BCUT2D eigenvalue weighted by Crippen LogP contribution is 2.26. The van der Waals surface area contributed by atoms with Gasteiger partial charge in [-0.25, -0.2) is 0 Å². The predicted octanol–water partition coefficient (Wildman–Crippen LogP) is 1.78. The minimum Gasteiger partial charge on any atom is -0.383 e. The number of ether oxygens (including phenoxy) is 1. The van der Waals surface area contributed by atoms with Gasteiger partial charge in [0.1, 0.15) is 0 Å². The van der Waals surface area contributed by atoms with Gasteiger partial charge in [0.25, 0.3) is 0 Å². The average molecular weight is 256 g/mol. The second-order valence-corrected chi connectivity index (χ2v) is 5.59. The summed E-state index contributed by atoms with van der Waals surface area (Å²) in [7, 11) is 1.67. The Balaban J connectivity index is 2.49. The van der Waals surface area contributed by atoms with Gasteiger partial charge in [0.15, 0.2) is 0 Å². The third-order valence-electron chi connectivity index (χ3n) is 3.88. The zero-order valence-corrected chi connectivity index (χ0v) is 12.0. The van der Waals surface area contributed by atoms with Crippen LogP contribution >= 0.6 is 0 Å². The number of hydrogen-bond acceptors (Lipinski definition) is 3. The molecule has 4 nitrogen and oxygen atoms in total. The molecule has 1 rings (SSSR count). The number of amides is 1. The van der Waals surface area contributed by atoms with Crippen LogP contribution in [0.5, 0.6) is 0 Å². The number of methoxy groups -OCH3 is 1. The molecule has 0 aromatic rings. The molecule has 0 aromatic heterocycles. The van der Waals surface area contributed by atoms with Crippen molar-refractivity contribution in [2.45, 2.75) is 58.0 Å². The zero-order chi connectivity index (χ0) is 13.5. The lowest BCUT2D eigenvalue weighted by Crippen LogP contribution is -2.43. The van der Waals surface area contributed by atoms with E-state index in [-0.39, 0.29) is 18.0 Å². The van der Waals surface area contributed by atoms with Gasteiger partial charge in [-0.3, -0.25) is 4.79 Å². The lowest BCUT2D eigenvalue weighted by atomic mass is 9.82. The molecule has 0 radical (unpaired) electrons. The van der Waals surface area contributed by atoms with E-state index >= 15 is 0 Å². The van der Waals surface area contributed by atoms with Gasteiger partial charge < -0.3 is 15.4 Å². The number of carbonyl (C=O) groups is 1. The number of hydrogen-bond donors (Lipinski definition) is 1. The molecule has 0 aromatic carbocycles. The van der Waals surface area contributed by atoms with Crippen LogP contribution < -0.4 is 5.73 Å². The van der Waals surface area contributed by atoms with E-state index in [0.717, 1.165) is 12.8 Å². The first-order chi connectivity index (χ1) is 8.56. The Bertz CT molecular complexity index is 256. The molecular weight excluding hydrogens is 228 g/mol. The lowest BCUT2D eigenvalue weighted by molar-refractivity contribution is -0.135. The van der Waals surface area contributed by atoms with E-state index in [1.807, 2.05) is 18.7 Å². The molecule has 0 bridgehead atoms. The Morgan fingerprint density at radius 2 is 2.06 bits per heavy atom. The van der Waals surface area contributed by atoms with E-state index in [2.05, 4.69) is 0 Å². The fourth-order valence-corrected chi connectivity index (χ4v) is 2.69. The first-order valence-corrected chi connectivity index (χ1v) is 7.10. The van der Waals surface area contributed by atoms with E-state index in [0.29, 0.717) is 25.5 Å². The van der Waals surface area contributed by atoms with Crippen LogP contribution in [0, 0.1) is 5.92 Å². The highest BCUT2D eigenvalue weighted by molar-refractivity contribution is 5.76. The van der Waals surface area contributed by atoms with Crippen LogP contribution in [-0.2, 0) is 9.53 Å². The van der Waals surface area contributed by atoms with Crippen molar-refractivity contribution in [2.75, 3.05) is 20.3 Å². The molecule has 1 aliphatic carbocycles. The largest absolute Gasteiger partial charge is 0.383 e. The smallest absolute Gasteiger partial charge is 0.223 e. The minimum absolute atomic E-state index is 0.208. The molecule has 0 spiro atoms. The predicted molar refractivity (Wildman–Crippen MR) is 73.3 cm³/mol. The molecule has 0 aliphatic heterocycles. The lowest BCUT2D eigenvalue weighted by Gasteiger charge is -2.32. The standard InChI is InChI=1S/C14H28N2O2/c1-11(2)16(8-9-18-3)14(17)10-12-6-4-5-7-13(12)15/h11-13H,4-10,15H2,1-3H3. The van der Waals surface area contributed by atoms with E-state index in [1.54, 1.807) is 7.11 Å². The van der Waals surface area contributed by atoms with E-state index in [4.69, 9.17) is 10.5 Å². The van der Waals surface area contributed by atoms with Crippen molar-refractivity contribution >= 4 is 5.91 Å². The van der Waals surface area contributed by atoms with Crippen molar-refractivity contribution in [1.82, 2.24) is 4.90 Å². The highest BCUT2D eigenvalue weighted by Gasteiger charge is 2.27. The van der Waals surface area contributed by atoms with Crippen LogP contribution in [0.3, 0.4) is 0 Å². The maximum Gasteiger partial charge on any atom is 0.223 e. The summed E-state index contributed by atoms with van der Waals surface area (Å²) in [6.45, 7) is 5.37. The molecule has 0 saturated heterocycles. The zero-order valence-electron chi connectivity index (χ0n) is 12.0. The van der Waals surface area contributed by atoms with Gasteiger partial charge in [0.05, 0.1) is 6.61 Å². The minimum atomic E-state index is 0.208. The van der Waals surface area contributed by atoms with Crippen LogP contribution in [-0.4, -0.2) is 43.2 Å². The van der Waals surface area contributed by atoms with Gasteiger partial charge in [-0.1, -0.05) is 12.8 Å². The van der Waals surface area contributed by atoms with Crippen molar-refractivity contribution in [3.63, 3.8) is 0 Å². The van der Waals surface area contributed by atoms with E-state index in [9.17, 15) is 4.79 Å². The number of nitrogens with zero attached hydrogens (tertiary/aromatic N) is 1. The molecule has 4 heteroatoms. The molecule has 1 aliphatic rings. The van der Waals surface area contributed by atoms with Gasteiger partial charge in [-0.2, -0.15) is 0 Å². The molecular formula is C14H28N2O2. The number of carbonyl (C=O) groups excluding carboxylic acids is 1. The molecule has 2 atom stereocenters. The molecule has 1 amide bonds. The summed E-state index contributed by atoms with van der Waals surface area (Å²) in [6.07, 6.45) is 5.19. The quantitative estimate of drug-likeness (QED) is 0.788. The van der Waals surface area contributed by atoms with Crippen molar-refractivity contribution in [2.24, 2.45) is 11.7 Å². The molecule has 18 heavy (non-hydrogen) atoms. The monoisotopic (exact) mass is 256 g/mol. The summed E-state index contributed by atoms with van der Waals surface area (Å²) in [4.78, 5) is 14.2. The second kappa shape index (κ2) is 7.74. The Morgan fingerprint density at radius 3 is 2.61 bits per heavy atom. The van der Waals surface area contributed by atoms with Crippen LogP contribution in [0.1, 0.15) is 46.0 Å². The average Bonchev–Trinajstić information content (AvgIpc) is 2.32. The summed E-state index contributed by atoms with van der Waals surface area (Å²) < 4.78 is 5.07. The van der Waals surface area contributed by atoms with Gasteiger partial charge in [-0.15, -0.1) is 0 Å². The van der Waals surface area contributed by atoms with Crippen LogP contribution in [0.4, 0.5) is 0 Å². The molecule has 2 unspecified atom stereocenters. The maximum absolute atomic E-state index is 12.3. The van der Waals surface area contributed by atoms with E-state index in [1.165, 1.54) is 12.8 Å². The topological polar surface area (TPSA) is 55.6 Å². The molecule has 2 N–H and O–H groups in total. The fourth-order valence-electron chi connectivity index (χ4n) is 2.69. The van der Waals surface area contributed by atoms with Gasteiger partial charge in [0.2, 0.25) is 5.91 Å². The van der Waals surface area contributed by atoms with Gasteiger partial charge >= 0.3 is 0 Å². The van der Waals surface area contributed by atoms with Crippen molar-refractivity contribution < 1.29 is 9.53 Å². The molecule has 1 fully saturated rings. The summed E-state index contributed by atoms with van der Waals surface area (Å²) in [5.74, 6) is 0.597. The highest BCUT2D eigenvalue weighted by atomic mass is 16.5. The van der Waals surface area contributed by atoms with Crippen LogP contribution in [0.15, 0.2) is 0 Å². The number of rotatable bonds is 6. The maximum atomic E-state index is 12.3. The van der Waals surface area contributed by atoms with Gasteiger partial charge in [0, 0.05) is 32.2 Å². The SMILES string of the molecule is COCCN(C(=O)CC1CCCCC1N)C(C)C. The number of nitrogens with two attached hydrogens (primary N) is 1. The molecule has 1 saturated carbocycles. The second-order valence-electron chi connectivity index (χ2n) is 5.59. The summed E-state index contributed by atoms with van der Waals surface area (Å²) in [6, 6.07) is 0.437. The summed E-state index contributed by atoms with van der Waals surface area (Å²) in [5.41, 5.74) is 6.11. The van der Waals surface area contributed by atoms with Crippen LogP contribution in [0.25, 0.3) is 0 Å². The molecule has 106 valence electrons. The van der Waals surface area contributed by atoms with Gasteiger partial charge in [-0.05, 0) is 32.6 Å². The Labute approximate surface area is 111 Å². The van der Waals surface area contributed by atoms with Crippen LogP contribution in [0.2, 0.25) is 0 Å². The first kappa shape index (κ1) is 15.4. The fraction of sp³-hybridized carbons (Fsp3) is 0.929. The third kappa shape index (κ3) is 4.58. The Morgan fingerprint density at radius 1 is 1.39 bits per heavy atom. The van der Waals surface area contributed by atoms with Crippen molar-refractivity contribution in [1.29, 1.82) is 0 Å². The normalized spacial score (nSPS) is 24.3. The molecule has 0 heterocycles. The first-order valence-electron chi connectivity index (χ1n) is 7.10. The summed E-state index contributed by atoms with van der Waals surface area (Å²) >= 11 is 0. The summed E-state index contributed by atoms with van der Waals surface area (Å²) in [5, 5.41) is 0.